The van der Waals surface area contributed by atoms with Gasteiger partial charge in [-0.25, -0.2) is 9.97 Å². The summed E-state index contributed by atoms with van der Waals surface area (Å²) in [6.07, 6.45) is 5.92. The van der Waals surface area contributed by atoms with Crippen molar-refractivity contribution in [2.75, 3.05) is 0 Å². The molecule has 0 atom stereocenters. The number of hydrogen-bond acceptors (Lipinski definition) is 4. The summed E-state index contributed by atoms with van der Waals surface area (Å²) in [6.45, 7) is 3.42. The van der Waals surface area contributed by atoms with Crippen LogP contribution in [0.1, 0.15) is 32.9 Å². The number of H-pyrrole nitrogens is 1. The Labute approximate surface area is 225 Å². The van der Waals surface area contributed by atoms with Gasteiger partial charge in [0.15, 0.2) is 11.6 Å². The molecular formula is C32H24ClN3O2. The third kappa shape index (κ3) is 5.70. The first kappa shape index (κ1) is 25.1. The number of Topliss-reactive ketones (excluding diaryl/α,β-unsaturated/α-hetero) is 1. The number of carbonyl (C=O) groups excluding carboxylic acids is 2. The number of aromatic nitrogens is 3. The van der Waals surface area contributed by atoms with E-state index in [0.29, 0.717) is 28.5 Å². The smallest absolute Gasteiger partial charge is 0.167 e. The average Bonchev–Trinajstić information content (AvgIpc) is 3.34. The van der Waals surface area contributed by atoms with Gasteiger partial charge in [0.25, 0.3) is 0 Å². The summed E-state index contributed by atoms with van der Waals surface area (Å²) in [5, 5.41) is 1.54. The number of benzene rings is 3. The van der Waals surface area contributed by atoms with Crippen LogP contribution in [-0.2, 0) is 24.1 Å². The molecule has 0 saturated heterocycles. The second-order valence-electron chi connectivity index (χ2n) is 9.02. The Morgan fingerprint density at radius 2 is 1.74 bits per heavy atom. The highest BCUT2D eigenvalue weighted by atomic mass is 35.5. The molecule has 0 aliphatic heterocycles. The lowest BCUT2D eigenvalue weighted by Gasteiger charge is -2.08. The zero-order chi connectivity index (χ0) is 26.5. The number of halogens is 1. The van der Waals surface area contributed by atoms with Crippen molar-refractivity contribution in [3.8, 4) is 11.3 Å². The first-order valence-corrected chi connectivity index (χ1v) is 12.5. The summed E-state index contributed by atoms with van der Waals surface area (Å²) in [5.41, 5.74) is 8.49. The molecule has 0 aliphatic rings. The van der Waals surface area contributed by atoms with Gasteiger partial charge in [0.05, 0.1) is 10.7 Å². The van der Waals surface area contributed by atoms with Gasteiger partial charge in [-0.2, -0.15) is 0 Å². The lowest BCUT2D eigenvalue weighted by molar-refractivity contribution is -0.114. The predicted molar refractivity (Wildman–Crippen MR) is 150 cm³/mol. The highest BCUT2D eigenvalue weighted by molar-refractivity contribution is 6.33. The molecule has 5 nitrogen and oxygen atoms in total. The van der Waals surface area contributed by atoms with Gasteiger partial charge in [0.1, 0.15) is 5.82 Å². The fourth-order valence-electron chi connectivity index (χ4n) is 4.44. The summed E-state index contributed by atoms with van der Waals surface area (Å²) < 4.78 is 0. The second kappa shape index (κ2) is 11.2. The van der Waals surface area contributed by atoms with Crippen molar-refractivity contribution in [3.63, 3.8) is 0 Å². The van der Waals surface area contributed by atoms with Gasteiger partial charge >= 0.3 is 0 Å². The van der Waals surface area contributed by atoms with Crippen LogP contribution in [0.5, 0.6) is 0 Å². The molecule has 5 aromatic rings. The number of rotatable bonds is 9. The molecule has 2 aromatic heterocycles. The maximum absolute atomic E-state index is 12.9. The Morgan fingerprint density at radius 1 is 0.947 bits per heavy atom. The molecule has 38 heavy (non-hydrogen) atoms. The fraction of sp³-hybridized carbons (Fsp3) is 0.0938. The number of allylic oxidation sites excluding steroid dienone is 1. The van der Waals surface area contributed by atoms with Gasteiger partial charge in [0, 0.05) is 59.8 Å². The number of nitrogens with one attached hydrogen (secondary N) is 1. The Morgan fingerprint density at radius 3 is 2.55 bits per heavy atom. The minimum absolute atomic E-state index is 0.00961. The van der Waals surface area contributed by atoms with Crippen LogP contribution in [0.4, 0.5) is 0 Å². The maximum Gasteiger partial charge on any atom is 0.167 e. The largest absolute Gasteiger partial charge is 0.360 e. The van der Waals surface area contributed by atoms with E-state index in [9.17, 15) is 9.59 Å². The van der Waals surface area contributed by atoms with E-state index in [1.807, 2.05) is 66.9 Å². The van der Waals surface area contributed by atoms with Crippen LogP contribution < -0.4 is 0 Å². The molecule has 0 amide bonds. The van der Waals surface area contributed by atoms with Gasteiger partial charge in [0.2, 0.25) is 0 Å². The Bertz CT molecular complexity index is 1700. The Balaban J connectivity index is 1.30. The van der Waals surface area contributed by atoms with Crippen LogP contribution in [-0.4, -0.2) is 26.5 Å². The Hall–Kier alpha value is -4.57. The summed E-state index contributed by atoms with van der Waals surface area (Å²) in [6, 6.07) is 23.0. The second-order valence-corrected chi connectivity index (χ2v) is 9.42. The van der Waals surface area contributed by atoms with Crippen molar-refractivity contribution in [2.24, 2.45) is 0 Å². The molecule has 0 spiro atoms. The zero-order valence-corrected chi connectivity index (χ0v) is 21.3. The van der Waals surface area contributed by atoms with Crippen molar-refractivity contribution in [2.45, 2.75) is 19.3 Å². The summed E-state index contributed by atoms with van der Waals surface area (Å²) in [7, 11) is 0. The van der Waals surface area contributed by atoms with E-state index in [0.717, 1.165) is 33.2 Å². The number of para-hydroxylation sites is 1. The molecule has 1 N–H and O–H groups in total. The van der Waals surface area contributed by atoms with Gasteiger partial charge in [-0.05, 0) is 22.8 Å². The van der Waals surface area contributed by atoms with Crippen molar-refractivity contribution < 1.29 is 9.59 Å². The first-order valence-electron chi connectivity index (χ1n) is 12.2. The molecule has 3 aromatic carbocycles. The van der Waals surface area contributed by atoms with Crippen LogP contribution in [0.2, 0.25) is 5.02 Å². The van der Waals surface area contributed by atoms with Crippen molar-refractivity contribution in [1.82, 2.24) is 15.0 Å². The number of carbonyl (C=O) groups is 2. The summed E-state index contributed by atoms with van der Waals surface area (Å²) >= 11 is 6.48. The van der Waals surface area contributed by atoms with E-state index in [2.05, 4.69) is 22.3 Å². The molecular weight excluding hydrogens is 494 g/mol. The third-order valence-corrected chi connectivity index (χ3v) is 6.55. The number of fused-ring (bicyclic) bond motifs is 1. The van der Waals surface area contributed by atoms with E-state index in [1.54, 1.807) is 18.3 Å². The Kier molecular flexibility index (Phi) is 7.41. The van der Waals surface area contributed by atoms with Gasteiger partial charge in [-0.1, -0.05) is 84.9 Å². The highest BCUT2D eigenvalue weighted by Crippen LogP contribution is 2.32. The lowest BCUT2D eigenvalue weighted by Crippen LogP contribution is -2.05. The highest BCUT2D eigenvalue weighted by Gasteiger charge is 2.14. The predicted octanol–water partition coefficient (Wildman–Crippen LogP) is 6.75. The van der Waals surface area contributed by atoms with E-state index < -0.39 is 0 Å². The van der Waals surface area contributed by atoms with E-state index >= 15 is 0 Å². The quantitative estimate of drug-likeness (QED) is 0.133. The lowest BCUT2D eigenvalue weighted by atomic mass is 9.99. The van der Waals surface area contributed by atoms with Crippen molar-refractivity contribution in [3.05, 3.63) is 137 Å². The zero-order valence-electron chi connectivity index (χ0n) is 20.6. The first-order chi connectivity index (χ1) is 18.5. The molecule has 0 aliphatic carbocycles. The molecule has 0 radical (unpaired) electrons. The molecule has 5 rings (SSSR count). The van der Waals surface area contributed by atoms with E-state index in [1.165, 1.54) is 6.08 Å². The summed E-state index contributed by atoms with van der Waals surface area (Å²) in [4.78, 5) is 37.1. The molecule has 0 unspecified atom stereocenters. The van der Waals surface area contributed by atoms with E-state index in [4.69, 9.17) is 16.6 Å². The number of nitrogens with zero attached hydrogens (tertiary/aromatic N) is 2. The normalized spacial score (nSPS) is 10.8. The SMILES string of the molecule is C=C=CC(=O)Cc1ccc(C(=O)Cc2cccc(Cc3ncc(Cl)c(-c4c[nH]c5ccccc45)n3)c2)cc1. The third-order valence-electron chi connectivity index (χ3n) is 6.27. The average molecular weight is 518 g/mol. The molecule has 186 valence electrons. The number of ketones is 2. The number of aromatic amines is 1. The molecule has 0 fully saturated rings. The van der Waals surface area contributed by atoms with E-state index in [-0.39, 0.29) is 24.4 Å². The molecule has 0 bridgehead atoms. The minimum Gasteiger partial charge on any atom is -0.360 e. The van der Waals surface area contributed by atoms with Crippen LogP contribution in [0, 0.1) is 0 Å². The number of hydrogen-bond donors (Lipinski definition) is 1. The van der Waals surface area contributed by atoms with Crippen molar-refractivity contribution >= 4 is 34.1 Å². The molecule has 2 heterocycles. The standard InChI is InChI=1S/C32H24ClN3O2/c1-2-6-25(37)16-21-11-13-24(14-12-21)30(38)17-22-7-5-8-23(15-22)18-31-35-20-28(33)32(36-31)27-19-34-29-10-4-3-9-26(27)29/h3-15,19-20,34H,1,16-18H2. The van der Waals surface area contributed by atoms with Crippen LogP contribution in [0.15, 0.2) is 104 Å². The van der Waals surface area contributed by atoms with Crippen LogP contribution >= 0.6 is 11.6 Å². The fourth-order valence-corrected chi connectivity index (χ4v) is 4.63. The maximum atomic E-state index is 12.9. The van der Waals surface area contributed by atoms with Crippen molar-refractivity contribution in [1.29, 1.82) is 0 Å². The summed E-state index contributed by atoms with van der Waals surface area (Å²) in [5.74, 6) is 0.583. The van der Waals surface area contributed by atoms with Crippen LogP contribution in [0.25, 0.3) is 22.2 Å². The molecule has 0 saturated carbocycles. The van der Waals surface area contributed by atoms with Crippen LogP contribution in [0.3, 0.4) is 0 Å². The van der Waals surface area contributed by atoms with Gasteiger partial charge < -0.3 is 4.98 Å². The van der Waals surface area contributed by atoms with Gasteiger partial charge in [-0.3, -0.25) is 9.59 Å². The molecule has 6 heteroatoms. The topological polar surface area (TPSA) is 75.7 Å². The van der Waals surface area contributed by atoms with Gasteiger partial charge in [-0.15, -0.1) is 5.73 Å². The minimum atomic E-state index is -0.0749. The monoisotopic (exact) mass is 517 g/mol.